The van der Waals surface area contributed by atoms with Gasteiger partial charge in [0.1, 0.15) is 12.4 Å². The summed E-state index contributed by atoms with van der Waals surface area (Å²) in [6, 6.07) is 19.0. The van der Waals surface area contributed by atoms with E-state index in [0.717, 1.165) is 17.7 Å². The average Bonchev–Trinajstić information content (AvgIpc) is 2.90. The number of benzene rings is 3. The Morgan fingerprint density at radius 2 is 1.69 bits per heavy atom. The summed E-state index contributed by atoms with van der Waals surface area (Å²) in [7, 11) is 0. The lowest BCUT2D eigenvalue weighted by Crippen LogP contribution is -2.54. The summed E-state index contributed by atoms with van der Waals surface area (Å²) < 4.78 is 52.6. The zero-order chi connectivity index (χ0) is 28.2. The number of carbonyl (C=O) groups is 3. The number of anilines is 1. The molecule has 2 amide bonds. The largest absolute Gasteiger partial charge is 0.481 e. The molecule has 1 aliphatic heterocycles. The van der Waals surface area contributed by atoms with E-state index in [1.54, 1.807) is 54.6 Å². The minimum absolute atomic E-state index is 0.0246. The molecule has 0 bridgehead atoms. The zero-order valence-corrected chi connectivity index (χ0v) is 20.8. The third-order valence-corrected chi connectivity index (χ3v) is 6.23. The van der Waals surface area contributed by atoms with Crippen molar-refractivity contribution in [3.63, 3.8) is 0 Å². The molecule has 0 saturated heterocycles. The molecule has 3 aromatic rings. The van der Waals surface area contributed by atoms with Gasteiger partial charge < -0.3 is 24.8 Å². The standard InChI is InChI=1S/C28H25F3N2O6/c1-27(20-10-6-3-7-11-20)25(36)33(13-12-32-26(37)38-17-18-8-4-2-5-9-18)22-14-19(15-24(34)35)21(28(29,30)31)16-23(22)39-27/h2-11,14,16H,12-13,15,17H2,1H3,(H,32,37)(H,34,35). The topological polar surface area (TPSA) is 105 Å². The first-order valence-electron chi connectivity index (χ1n) is 12.0. The van der Waals surface area contributed by atoms with Crippen molar-refractivity contribution in [1.29, 1.82) is 0 Å². The second-order valence-electron chi connectivity index (χ2n) is 8.99. The van der Waals surface area contributed by atoms with Gasteiger partial charge in [0, 0.05) is 18.7 Å². The number of carboxylic acid groups (broad SMARTS) is 1. The Bertz CT molecular complexity index is 1360. The van der Waals surface area contributed by atoms with Gasteiger partial charge in [0.2, 0.25) is 5.60 Å². The number of aliphatic carboxylic acids is 1. The smallest absolute Gasteiger partial charge is 0.416 e. The molecule has 1 heterocycles. The van der Waals surface area contributed by atoms with Gasteiger partial charge in [0.05, 0.1) is 17.7 Å². The van der Waals surface area contributed by atoms with Crippen molar-refractivity contribution < 1.29 is 42.1 Å². The first kappa shape index (κ1) is 27.5. The molecule has 1 unspecified atom stereocenters. The highest BCUT2D eigenvalue weighted by Crippen LogP contribution is 2.46. The van der Waals surface area contributed by atoms with Crippen LogP contribution in [0.2, 0.25) is 0 Å². The summed E-state index contributed by atoms with van der Waals surface area (Å²) in [4.78, 5) is 38.5. The van der Waals surface area contributed by atoms with Gasteiger partial charge in [-0.05, 0) is 30.2 Å². The molecule has 1 atom stereocenters. The molecule has 4 rings (SSSR count). The fourth-order valence-electron chi connectivity index (χ4n) is 4.31. The molecule has 0 aliphatic carbocycles. The van der Waals surface area contributed by atoms with E-state index in [2.05, 4.69) is 5.32 Å². The van der Waals surface area contributed by atoms with Crippen LogP contribution < -0.4 is 15.0 Å². The number of amides is 2. The highest BCUT2D eigenvalue weighted by atomic mass is 19.4. The van der Waals surface area contributed by atoms with Crippen LogP contribution in [-0.4, -0.2) is 36.2 Å². The van der Waals surface area contributed by atoms with E-state index in [9.17, 15) is 32.7 Å². The van der Waals surface area contributed by atoms with Crippen molar-refractivity contribution in [3.8, 4) is 5.75 Å². The third kappa shape index (κ3) is 6.14. The van der Waals surface area contributed by atoms with Crippen molar-refractivity contribution in [2.24, 2.45) is 0 Å². The van der Waals surface area contributed by atoms with Crippen LogP contribution in [0.15, 0.2) is 72.8 Å². The molecule has 1 aliphatic rings. The van der Waals surface area contributed by atoms with Crippen LogP contribution >= 0.6 is 0 Å². The monoisotopic (exact) mass is 542 g/mol. The van der Waals surface area contributed by atoms with Crippen molar-refractivity contribution in [1.82, 2.24) is 5.32 Å². The number of alkyl carbamates (subject to hydrolysis) is 1. The molecule has 2 N–H and O–H groups in total. The fraction of sp³-hybridized carbons (Fsp3) is 0.250. The van der Waals surface area contributed by atoms with E-state index in [-0.39, 0.29) is 31.1 Å². The summed E-state index contributed by atoms with van der Waals surface area (Å²) in [5.41, 5.74) is -2.22. The number of nitrogens with one attached hydrogen (secondary N) is 1. The van der Waals surface area contributed by atoms with Gasteiger partial charge in [-0.2, -0.15) is 13.2 Å². The normalized spacial score (nSPS) is 16.7. The molecule has 11 heteroatoms. The molecule has 0 aromatic heterocycles. The first-order valence-corrected chi connectivity index (χ1v) is 12.0. The van der Waals surface area contributed by atoms with Crippen LogP contribution in [0.3, 0.4) is 0 Å². The number of rotatable bonds is 8. The van der Waals surface area contributed by atoms with E-state index >= 15 is 0 Å². The lowest BCUT2D eigenvalue weighted by atomic mass is 9.91. The van der Waals surface area contributed by atoms with Crippen molar-refractivity contribution in [2.75, 3.05) is 18.0 Å². The second-order valence-corrected chi connectivity index (χ2v) is 8.99. The first-order chi connectivity index (χ1) is 18.5. The Morgan fingerprint density at radius 1 is 1.05 bits per heavy atom. The molecule has 0 fully saturated rings. The number of carbonyl (C=O) groups excluding carboxylic acids is 2. The molecule has 204 valence electrons. The highest BCUT2D eigenvalue weighted by Gasteiger charge is 2.47. The summed E-state index contributed by atoms with van der Waals surface area (Å²) in [6.45, 7) is 1.23. The Morgan fingerprint density at radius 3 is 2.31 bits per heavy atom. The van der Waals surface area contributed by atoms with Gasteiger partial charge >= 0.3 is 18.2 Å². The SMILES string of the molecule is CC1(c2ccccc2)Oc2cc(C(F)(F)F)c(CC(=O)O)cc2N(CCNC(=O)OCc2ccccc2)C1=O. The van der Waals surface area contributed by atoms with E-state index < -0.39 is 47.3 Å². The predicted octanol–water partition coefficient (Wildman–Crippen LogP) is 4.90. The summed E-state index contributed by atoms with van der Waals surface area (Å²) >= 11 is 0. The van der Waals surface area contributed by atoms with Crippen molar-refractivity contribution in [2.45, 2.75) is 31.7 Å². The van der Waals surface area contributed by atoms with E-state index in [1.807, 2.05) is 6.07 Å². The van der Waals surface area contributed by atoms with Gasteiger partial charge in [-0.3, -0.25) is 9.59 Å². The second kappa shape index (κ2) is 11.1. The zero-order valence-electron chi connectivity index (χ0n) is 20.8. The Labute approximate surface area is 222 Å². The molecule has 3 aromatic carbocycles. The number of nitrogens with zero attached hydrogens (tertiary/aromatic N) is 1. The number of hydrogen-bond acceptors (Lipinski definition) is 5. The van der Waals surface area contributed by atoms with Crippen LogP contribution in [0.25, 0.3) is 0 Å². The van der Waals surface area contributed by atoms with Crippen LogP contribution in [0.5, 0.6) is 5.75 Å². The van der Waals surface area contributed by atoms with E-state index in [1.165, 1.54) is 11.8 Å². The molecule has 0 spiro atoms. The minimum Gasteiger partial charge on any atom is -0.481 e. The Hall–Kier alpha value is -4.54. The number of alkyl halides is 3. The van der Waals surface area contributed by atoms with Gasteiger partial charge in [-0.15, -0.1) is 0 Å². The van der Waals surface area contributed by atoms with Crippen molar-refractivity contribution >= 4 is 23.7 Å². The summed E-state index contributed by atoms with van der Waals surface area (Å²) in [5.74, 6) is -2.30. The molecule has 8 nitrogen and oxygen atoms in total. The molecule has 0 saturated carbocycles. The predicted molar refractivity (Wildman–Crippen MR) is 134 cm³/mol. The quantitative estimate of drug-likeness (QED) is 0.420. The number of ether oxygens (including phenoxy) is 2. The molecule has 0 radical (unpaired) electrons. The van der Waals surface area contributed by atoms with E-state index in [4.69, 9.17) is 9.47 Å². The maximum absolute atomic E-state index is 13.9. The minimum atomic E-state index is -4.86. The maximum atomic E-state index is 13.9. The fourth-order valence-corrected chi connectivity index (χ4v) is 4.31. The van der Waals surface area contributed by atoms with Crippen LogP contribution in [0.4, 0.5) is 23.7 Å². The van der Waals surface area contributed by atoms with Gasteiger partial charge in [0.15, 0.2) is 0 Å². The maximum Gasteiger partial charge on any atom is 0.416 e. The lowest BCUT2D eigenvalue weighted by Gasteiger charge is -2.41. The molecular weight excluding hydrogens is 517 g/mol. The van der Waals surface area contributed by atoms with Crippen LogP contribution in [-0.2, 0) is 39.1 Å². The van der Waals surface area contributed by atoms with Gasteiger partial charge in [-0.25, -0.2) is 4.79 Å². The van der Waals surface area contributed by atoms with Gasteiger partial charge in [0.25, 0.3) is 5.91 Å². The number of fused-ring (bicyclic) bond motifs is 1. The third-order valence-electron chi connectivity index (χ3n) is 6.23. The Kier molecular flexibility index (Phi) is 7.80. The Balaban J connectivity index is 1.63. The van der Waals surface area contributed by atoms with E-state index in [0.29, 0.717) is 5.56 Å². The van der Waals surface area contributed by atoms with Crippen LogP contribution in [0, 0.1) is 0 Å². The number of hydrogen-bond donors (Lipinski definition) is 2. The lowest BCUT2D eigenvalue weighted by molar-refractivity contribution is -0.140. The van der Waals surface area contributed by atoms with Crippen LogP contribution in [0.1, 0.15) is 29.2 Å². The highest BCUT2D eigenvalue weighted by molar-refractivity contribution is 6.03. The number of carboxylic acids is 1. The summed E-state index contributed by atoms with van der Waals surface area (Å²) in [5, 5.41) is 11.7. The average molecular weight is 543 g/mol. The van der Waals surface area contributed by atoms with Crippen molar-refractivity contribution in [3.05, 3.63) is 95.1 Å². The van der Waals surface area contributed by atoms with Gasteiger partial charge in [-0.1, -0.05) is 60.7 Å². The number of halogens is 3. The summed E-state index contributed by atoms with van der Waals surface area (Å²) in [6.07, 6.45) is -6.52. The molecular formula is C28H25F3N2O6. The molecule has 39 heavy (non-hydrogen) atoms.